The van der Waals surface area contributed by atoms with Gasteiger partial charge in [-0.1, -0.05) is 26.2 Å². The molecule has 0 radical (unpaired) electrons. The van der Waals surface area contributed by atoms with Gasteiger partial charge in [-0.05, 0) is 6.42 Å². The van der Waals surface area contributed by atoms with Crippen molar-refractivity contribution >= 4 is 11.9 Å². The zero-order valence-electron chi connectivity index (χ0n) is 8.94. The van der Waals surface area contributed by atoms with E-state index in [2.05, 4.69) is 6.92 Å². The van der Waals surface area contributed by atoms with E-state index < -0.39 is 24.5 Å². The van der Waals surface area contributed by atoms with Gasteiger partial charge in [0.1, 0.15) is 0 Å². The van der Waals surface area contributed by atoms with Crippen molar-refractivity contribution in [3.63, 3.8) is 0 Å². The summed E-state index contributed by atoms with van der Waals surface area (Å²) in [6, 6.07) is 0. The van der Waals surface area contributed by atoms with Crippen molar-refractivity contribution in [2.75, 3.05) is 6.61 Å². The third-order valence-corrected chi connectivity index (χ3v) is 1.88. The molecule has 0 aromatic heterocycles. The van der Waals surface area contributed by atoms with Crippen LogP contribution in [0.4, 0.5) is 0 Å². The number of ether oxygens (including phenoxy) is 1. The fourth-order valence-electron chi connectivity index (χ4n) is 1.05. The summed E-state index contributed by atoms with van der Waals surface area (Å²) in [6.07, 6.45) is 1.74. The number of hydrogen-bond donors (Lipinski definition) is 2. The van der Waals surface area contributed by atoms with Gasteiger partial charge in [0.2, 0.25) is 0 Å². The third kappa shape index (κ3) is 7.93. The van der Waals surface area contributed by atoms with E-state index in [4.69, 9.17) is 14.9 Å². The molecule has 0 aromatic carbocycles. The van der Waals surface area contributed by atoms with Crippen molar-refractivity contribution in [1.29, 1.82) is 0 Å². The highest BCUT2D eigenvalue weighted by molar-refractivity contribution is 5.80. The predicted octanol–water partition coefficient (Wildman–Crippen LogP) is 0.946. The highest BCUT2D eigenvalue weighted by atomic mass is 16.5. The van der Waals surface area contributed by atoms with Gasteiger partial charge in [0.05, 0.1) is 13.0 Å². The van der Waals surface area contributed by atoms with Crippen molar-refractivity contribution in [2.45, 2.75) is 45.1 Å². The second kappa shape index (κ2) is 8.23. The van der Waals surface area contributed by atoms with Crippen molar-refractivity contribution in [3.05, 3.63) is 0 Å². The van der Waals surface area contributed by atoms with Crippen LogP contribution in [0.15, 0.2) is 0 Å². The van der Waals surface area contributed by atoms with Gasteiger partial charge in [0.25, 0.3) is 0 Å². The molecule has 0 saturated heterocycles. The maximum atomic E-state index is 11.0. The number of unbranched alkanes of at least 4 members (excludes halogenated alkanes) is 3. The Morgan fingerprint density at radius 3 is 2.47 bits per heavy atom. The molecule has 0 saturated carbocycles. The first kappa shape index (κ1) is 13.9. The van der Waals surface area contributed by atoms with Gasteiger partial charge in [0.15, 0.2) is 6.10 Å². The van der Waals surface area contributed by atoms with E-state index >= 15 is 0 Å². The van der Waals surface area contributed by atoms with Crippen LogP contribution in [0, 0.1) is 0 Å². The van der Waals surface area contributed by atoms with Gasteiger partial charge in [-0.2, -0.15) is 0 Å². The normalized spacial score (nSPS) is 12.1. The summed E-state index contributed by atoms with van der Waals surface area (Å²) in [7, 11) is 0. The highest BCUT2D eigenvalue weighted by Gasteiger charge is 2.19. The summed E-state index contributed by atoms with van der Waals surface area (Å²) in [5, 5.41) is 17.3. The number of carbonyl (C=O) groups is 2. The third-order valence-electron chi connectivity index (χ3n) is 1.88. The van der Waals surface area contributed by atoms with Crippen molar-refractivity contribution in [3.8, 4) is 0 Å². The van der Waals surface area contributed by atoms with E-state index in [9.17, 15) is 9.59 Å². The summed E-state index contributed by atoms with van der Waals surface area (Å²) in [4.78, 5) is 21.1. The molecule has 5 heteroatoms. The fraction of sp³-hybridized carbons (Fsp3) is 0.800. The molecular formula is C10H18O5. The van der Waals surface area contributed by atoms with Gasteiger partial charge in [-0.3, -0.25) is 4.79 Å². The lowest BCUT2D eigenvalue weighted by atomic mass is 10.2. The van der Waals surface area contributed by atoms with E-state index in [0.717, 1.165) is 25.7 Å². The van der Waals surface area contributed by atoms with E-state index in [1.54, 1.807) is 0 Å². The summed E-state index contributed by atoms with van der Waals surface area (Å²) in [5.41, 5.74) is 0. The molecule has 0 amide bonds. The second-order valence-corrected chi connectivity index (χ2v) is 3.34. The SMILES string of the molecule is CCCCCCOC(=O)C(O)CC(=O)O. The molecule has 0 aliphatic carbocycles. The molecule has 0 rings (SSSR count). The van der Waals surface area contributed by atoms with Gasteiger partial charge >= 0.3 is 11.9 Å². The van der Waals surface area contributed by atoms with Crippen LogP contribution in [0.1, 0.15) is 39.0 Å². The Morgan fingerprint density at radius 1 is 1.27 bits per heavy atom. The molecule has 0 aliphatic heterocycles. The number of hydrogen-bond acceptors (Lipinski definition) is 4. The largest absolute Gasteiger partial charge is 0.481 e. The van der Waals surface area contributed by atoms with Crippen LogP contribution in [-0.2, 0) is 14.3 Å². The monoisotopic (exact) mass is 218 g/mol. The Hall–Kier alpha value is -1.10. The maximum Gasteiger partial charge on any atom is 0.335 e. The molecular weight excluding hydrogens is 200 g/mol. The molecule has 0 fully saturated rings. The van der Waals surface area contributed by atoms with Gasteiger partial charge in [-0.25, -0.2) is 4.79 Å². The number of aliphatic hydroxyl groups excluding tert-OH is 1. The Kier molecular flexibility index (Phi) is 7.62. The van der Waals surface area contributed by atoms with Crippen LogP contribution in [0.5, 0.6) is 0 Å². The maximum absolute atomic E-state index is 11.0. The van der Waals surface area contributed by atoms with Crippen LogP contribution in [0.2, 0.25) is 0 Å². The lowest BCUT2D eigenvalue weighted by Crippen LogP contribution is -2.26. The summed E-state index contributed by atoms with van der Waals surface area (Å²) in [6.45, 7) is 2.32. The van der Waals surface area contributed by atoms with Crippen LogP contribution in [0.3, 0.4) is 0 Å². The van der Waals surface area contributed by atoms with Crippen molar-refractivity contribution in [1.82, 2.24) is 0 Å². The zero-order valence-corrected chi connectivity index (χ0v) is 8.94. The molecule has 0 aromatic rings. The number of esters is 1. The Bertz CT molecular complexity index is 202. The van der Waals surface area contributed by atoms with Crippen LogP contribution in [0.25, 0.3) is 0 Å². The molecule has 88 valence electrons. The molecule has 2 N–H and O–H groups in total. The van der Waals surface area contributed by atoms with Crippen molar-refractivity contribution < 1.29 is 24.5 Å². The molecule has 1 atom stereocenters. The number of aliphatic hydroxyl groups is 1. The van der Waals surface area contributed by atoms with E-state index in [-0.39, 0.29) is 6.61 Å². The quantitative estimate of drug-likeness (QED) is 0.468. The minimum Gasteiger partial charge on any atom is -0.481 e. The fourth-order valence-corrected chi connectivity index (χ4v) is 1.05. The van der Waals surface area contributed by atoms with Crippen molar-refractivity contribution in [2.24, 2.45) is 0 Å². The van der Waals surface area contributed by atoms with E-state index in [0.29, 0.717) is 0 Å². The first-order valence-corrected chi connectivity index (χ1v) is 5.14. The number of aliphatic carboxylic acids is 1. The molecule has 5 nitrogen and oxygen atoms in total. The second-order valence-electron chi connectivity index (χ2n) is 3.34. The average Bonchev–Trinajstić information content (AvgIpc) is 2.16. The topological polar surface area (TPSA) is 83.8 Å². The summed E-state index contributed by atoms with van der Waals surface area (Å²) in [5.74, 6) is -2.07. The van der Waals surface area contributed by atoms with Gasteiger partial charge in [-0.15, -0.1) is 0 Å². The average molecular weight is 218 g/mol. The molecule has 1 unspecified atom stereocenters. The number of carboxylic acid groups (broad SMARTS) is 1. The highest BCUT2D eigenvalue weighted by Crippen LogP contribution is 2.01. The molecule has 0 heterocycles. The minimum atomic E-state index is -1.55. The van der Waals surface area contributed by atoms with Gasteiger partial charge < -0.3 is 14.9 Å². The van der Waals surface area contributed by atoms with Gasteiger partial charge in [0, 0.05) is 0 Å². The van der Waals surface area contributed by atoms with Crippen LogP contribution < -0.4 is 0 Å². The Balaban J connectivity index is 3.51. The van der Waals surface area contributed by atoms with Crippen LogP contribution >= 0.6 is 0 Å². The van der Waals surface area contributed by atoms with E-state index in [1.807, 2.05) is 0 Å². The predicted molar refractivity (Wildman–Crippen MR) is 53.4 cm³/mol. The number of carbonyl (C=O) groups excluding carboxylic acids is 1. The summed E-state index contributed by atoms with van der Waals surface area (Å²) < 4.78 is 4.70. The van der Waals surface area contributed by atoms with E-state index in [1.165, 1.54) is 0 Å². The molecule has 15 heavy (non-hydrogen) atoms. The minimum absolute atomic E-state index is 0.246. The lowest BCUT2D eigenvalue weighted by Gasteiger charge is -2.08. The standard InChI is InChI=1S/C10H18O5/c1-2-3-4-5-6-15-10(14)8(11)7-9(12)13/h8,11H,2-7H2,1H3,(H,12,13). The summed E-state index contributed by atoms with van der Waals surface area (Å²) >= 11 is 0. The Morgan fingerprint density at radius 2 is 1.93 bits per heavy atom. The first-order valence-electron chi connectivity index (χ1n) is 5.14. The smallest absolute Gasteiger partial charge is 0.335 e. The van der Waals surface area contributed by atoms with Crippen LogP contribution in [-0.4, -0.2) is 34.9 Å². The zero-order chi connectivity index (χ0) is 11.7. The molecule has 0 bridgehead atoms. The molecule has 0 spiro atoms. The lowest BCUT2D eigenvalue weighted by molar-refractivity contribution is -0.158. The molecule has 0 aliphatic rings. The first-order chi connectivity index (χ1) is 7.07. The number of rotatable bonds is 8. The number of carboxylic acids is 1. The Labute approximate surface area is 89.0 Å².